The number of hydrogen-bond acceptors (Lipinski definition) is 4. The highest BCUT2D eigenvalue weighted by Crippen LogP contribution is 2.23. The predicted molar refractivity (Wildman–Crippen MR) is 99.5 cm³/mol. The van der Waals surface area contributed by atoms with Crippen LogP contribution in [0.5, 0.6) is 0 Å². The third kappa shape index (κ3) is 4.47. The number of nitrogens with one attached hydrogen (secondary N) is 2. The molecule has 122 valence electrons. The van der Waals surface area contributed by atoms with Crippen LogP contribution in [0.4, 0.5) is 10.8 Å². The molecule has 0 aliphatic carbocycles. The maximum Gasteiger partial charge on any atom is 0.271 e. The minimum Gasteiger partial charge on any atom is -0.347 e. The Balaban J connectivity index is 1.60. The van der Waals surface area contributed by atoms with Crippen molar-refractivity contribution in [2.75, 3.05) is 5.32 Å². The zero-order valence-corrected chi connectivity index (χ0v) is 14.8. The van der Waals surface area contributed by atoms with Gasteiger partial charge in [0.1, 0.15) is 5.69 Å². The lowest BCUT2D eigenvalue weighted by atomic mass is 10.2. The summed E-state index contributed by atoms with van der Waals surface area (Å²) in [4.78, 5) is 16.5. The number of carbonyl (C=O) groups is 1. The molecule has 2 N–H and O–H groups in total. The molecule has 0 bridgehead atoms. The van der Waals surface area contributed by atoms with Gasteiger partial charge >= 0.3 is 0 Å². The van der Waals surface area contributed by atoms with Crippen LogP contribution in [-0.4, -0.2) is 10.9 Å². The maximum atomic E-state index is 12.2. The number of hydrogen-bond donors (Lipinski definition) is 2. The summed E-state index contributed by atoms with van der Waals surface area (Å²) < 4.78 is 0. The van der Waals surface area contributed by atoms with E-state index in [1.807, 2.05) is 24.3 Å². The van der Waals surface area contributed by atoms with E-state index in [0.717, 1.165) is 11.3 Å². The average Bonchev–Trinajstić information content (AvgIpc) is 3.03. The van der Waals surface area contributed by atoms with Crippen molar-refractivity contribution in [1.82, 2.24) is 10.3 Å². The number of nitrogens with zero attached hydrogens (tertiary/aromatic N) is 1. The number of carbonyl (C=O) groups excluding carboxylic acids is 1. The van der Waals surface area contributed by atoms with Gasteiger partial charge in [0.2, 0.25) is 0 Å². The van der Waals surface area contributed by atoms with E-state index in [0.29, 0.717) is 27.4 Å². The second-order valence-electron chi connectivity index (χ2n) is 4.98. The monoisotopic (exact) mass is 377 g/mol. The minimum atomic E-state index is -0.222. The Hall–Kier alpha value is -2.08. The number of amides is 1. The van der Waals surface area contributed by atoms with Gasteiger partial charge in [-0.2, -0.15) is 0 Å². The topological polar surface area (TPSA) is 54.0 Å². The van der Waals surface area contributed by atoms with E-state index < -0.39 is 0 Å². The lowest BCUT2D eigenvalue weighted by Crippen LogP contribution is -2.23. The maximum absolute atomic E-state index is 12.2. The van der Waals surface area contributed by atoms with Crippen molar-refractivity contribution in [3.63, 3.8) is 0 Å². The molecule has 0 radical (unpaired) electrons. The van der Waals surface area contributed by atoms with Gasteiger partial charge in [0, 0.05) is 27.7 Å². The lowest BCUT2D eigenvalue weighted by Gasteiger charge is -2.04. The van der Waals surface area contributed by atoms with Crippen LogP contribution in [-0.2, 0) is 6.54 Å². The number of halogens is 2. The summed E-state index contributed by atoms with van der Waals surface area (Å²) in [5.74, 6) is -0.222. The number of thiazole rings is 1. The highest BCUT2D eigenvalue weighted by Gasteiger charge is 2.10. The second-order valence-corrected chi connectivity index (χ2v) is 6.71. The number of benzene rings is 2. The normalized spacial score (nSPS) is 10.4. The van der Waals surface area contributed by atoms with Gasteiger partial charge in [-0.25, -0.2) is 4.98 Å². The van der Waals surface area contributed by atoms with Gasteiger partial charge in [-0.1, -0.05) is 41.4 Å². The van der Waals surface area contributed by atoms with E-state index in [2.05, 4.69) is 15.6 Å². The Labute approximate surface area is 153 Å². The van der Waals surface area contributed by atoms with Gasteiger partial charge in [-0.3, -0.25) is 4.79 Å². The fraction of sp³-hybridized carbons (Fsp3) is 0.0588. The molecule has 3 aromatic rings. The van der Waals surface area contributed by atoms with Crippen molar-refractivity contribution in [3.05, 3.63) is 75.2 Å². The Kier molecular flexibility index (Phi) is 5.35. The summed E-state index contributed by atoms with van der Waals surface area (Å²) in [7, 11) is 0. The first-order valence-corrected chi connectivity index (χ1v) is 8.74. The molecular formula is C17H13Cl2N3OS. The second kappa shape index (κ2) is 7.66. The van der Waals surface area contributed by atoms with Gasteiger partial charge in [0.25, 0.3) is 5.91 Å². The smallest absolute Gasteiger partial charge is 0.271 e. The highest BCUT2D eigenvalue weighted by atomic mass is 35.5. The van der Waals surface area contributed by atoms with Gasteiger partial charge in [0.15, 0.2) is 5.13 Å². The van der Waals surface area contributed by atoms with Gasteiger partial charge in [-0.15, -0.1) is 11.3 Å². The molecule has 0 aliphatic heterocycles. The molecule has 0 fully saturated rings. The van der Waals surface area contributed by atoms with E-state index in [1.54, 1.807) is 29.6 Å². The highest BCUT2D eigenvalue weighted by molar-refractivity contribution is 7.14. The first kappa shape index (κ1) is 16.8. The molecule has 0 atom stereocenters. The summed E-state index contributed by atoms with van der Waals surface area (Å²) in [5, 5.41) is 9.61. The third-order valence-electron chi connectivity index (χ3n) is 3.18. The quantitative estimate of drug-likeness (QED) is 0.648. The van der Waals surface area contributed by atoms with Crippen molar-refractivity contribution in [2.45, 2.75) is 6.54 Å². The Morgan fingerprint density at radius 1 is 1.08 bits per heavy atom. The average molecular weight is 378 g/mol. The fourth-order valence-corrected chi connectivity index (χ4v) is 3.03. The molecule has 0 spiro atoms. The van der Waals surface area contributed by atoms with E-state index >= 15 is 0 Å². The molecule has 0 saturated carbocycles. The van der Waals surface area contributed by atoms with E-state index in [-0.39, 0.29) is 5.91 Å². The predicted octanol–water partition coefficient (Wildman–Crippen LogP) is 5.12. The number of aromatic nitrogens is 1. The summed E-state index contributed by atoms with van der Waals surface area (Å²) in [5.41, 5.74) is 2.17. The largest absolute Gasteiger partial charge is 0.347 e. The van der Waals surface area contributed by atoms with Crippen molar-refractivity contribution in [1.29, 1.82) is 0 Å². The molecule has 3 rings (SSSR count). The molecule has 1 aromatic heterocycles. The minimum absolute atomic E-state index is 0.222. The molecule has 7 heteroatoms. The summed E-state index contributed by atoms with van der Waals surface area (Å²) in [6.45, 7) is 0.421. The first-order chi connectivity index (χ1) is 11.6. The summed E-state index contributed by atoms with van der Waals surface area (Å²) >= 11 is 13.1. The zero-order valence-electron chi connectivity index (χ0n) is 12.4. The molecule has 1 heterocycles. The SMILES string of the molecule is O=C(NCc1ccc(Cl)cc1)c1csc(Nc2cccc(Cl)c2)n1. The summed E-state index contributed by atoms with van der Waals surface area (Å²) in [6.07, 6.45) is 0. The number of rotatable bonds is 5. The van der Waals surface area contributed by atoms with Crippen molar-refractivity contribution < 1.29 is 4.79 Å². The summed E-state index contributed by atoms with van der Waals surface area (Å²) in [6, 6.07) is 14.6. The Morgan fingerprint density at radius 2 is 1.88 bits per heavy atom. The standard InChI is InChI=1S/C17H13Cl2N3OS/c18-12-6-4-11(5-7-12)9-20-16(23)15-10-24-17(22-15)21-14-3-1-2-13(19)8-14/h1-8,10H,9H2,(H,20,23)(H,21,22). The fourth-order valence-electron chi connectivity index (χ4n) is 2.00. The Morgan fingerprint density at radius 3 is 2.62 bits per heavy atom. The van der Waals surface area contributed by atoms with Crippen molar-refractivity contribution in [3.8, 4) is 0 Å². The Bertz CT molecular complexity index is 849. The van der Waals surface area contributed by atoms with Crippen LogP contribution in [0.3, 0.4) is 0 Å². The van der Waals surface area contributed by atoms with E-state index in [9.17, 15) is 4.79 Å². The van der Waals surface area contributed by atoms with Crippen molar-refractivity contribution >= 4 is 51.3 Å². The molecule has 0 unspecified atom stereocenters. The van der Waals surface area contributed by atoms with Crippen LogP contribution in [0.15, 0.2) is 53.9 Å². The molecule has 1 amide bonds. The van der Waals surface area contributed by atoms with Crippen LogP contribution in [0.25, 0.3) is 0 Å². The van der Waals surface area contributed by atoms with Crippen LogP contribution in [0.2, 0.25) is 10.0 Å². The van der Waals surface area contributed by atoms with E-state index in [4.69, 9.17) is 23.2 Å². The molecule has 24 heavy (non-hydrogen) atoms. The molecule has 2 aromatic carbocycles. The molecule has 0 saturated heterocycles. The van der Waals surface area contributed by atoms with Crippen LogP contribution in [0, 0.1) is 0 Å². The van der Waals surface area contributed by atoms with Gasteiger partial charge in [0.05, 0.1) is 0 Å². The molecule has 0 aliphatic rings. The van der Waals surface area contributed by atoms with Crippen LogP contribution >= 0.6 is 34.5 Å². The van der Waals surface area contributed by atoms with Gasteiger partial charge in [-0.05, 0) is 35.9 Å². The lowest BCUT2D eigenvalue weighted by molar-refractivity contribution is 0.0946. The van der Waals surface area contributed by atoms with E-state index in [1.165, 1.54) is 11.3 Å². The zero-order chi connectivity index (χ0) is 16.9. The van der Waals surface area contributed by atoms with Gasteiger partial charge < -0.3 is 10.6 Å². The first-order valence-electron chi connectivity index (χ1n) is 7.11. The molecular weight excluding hydrogens is 365 g/mol. The van der Waals surface area contributed by atoms with Crippen LogP contribution in [0.1, 0.15) is 16.1 Å². The number of anilines is 2. The third-order valence-corrected chi connectivity index (χ3v) is 4.42. The van der Waals surface area contributed by atoms with Crippen LogP contribution < -0.4 is 10.6 Å². The van der Waals surface area contributed by atoms with Crippen molar-refractivity contribution in [2.24, 2.45) is 0 Å². The molecule has 4 nitrogen and oxygen atoms in total.